The van der Waals surface area contributed by atoms with Crippen molar-refractivity contribution in [3.05, 3.63) is 16.0 Å². The van der Waals surface area contributed by atoms with Crippen molar-refractivity contribution in [1.29, 1.82) is 0 Å². The lowest BCUT2D eigenvalue weighted by Crippen LogP contribution is -2.22. The molecule has 4 nitrogen and oxygen atoms in total. The lowest BCUT2D eigenvalue weighted by atomic mass is 10.0. The molecule has 0 saturated carbocycles. The second kappa shape index (κ2) is 8.48. The highest BCUT2D eigenvalue weighted by molar-refractivity contribution is 7.17. The third-order valence-corrected chi connectivity index (χ3v) is 5.70. The lowest BCUT2D eigenvalue weighted by molar-refractivity contribution is -0.120. The summed E-state index contributed by atoms with van der Waals surface area (Å²) in [6.45, 7) is 6.20. The smallest absolute Gasteiger partial charge is 0.341 e. The average molecular weight is 337 g/mol. The number of esters is 1. The van der Waals surface area contributed by atoms with Crippen molar-refractivity contribution < 1.29 is 14.3 Å². The molecule has 23 heavy (non-hydrogen) atoms. The number of amides is 1. The Morgan fingerprint density at radius 1 is 1.13 bits per heavy atom. The van der Waals surface area contributed by atoms with Crippen LogP contribution in [0.25, 0.3) is 0 Å². The van der Waals surface area contributed by atoms with E-state index in [9.17, 15) is 9.59 Å². The zero-order chi connectivity index (χ0) is 16.8. The van der Waals surface area contributed by atoms with Crippen molar-refractivity contribution in [2.75, 3.05) is 11.9 Å². The van der Waals surface area contributed by atoms with Gasteiger partial charge in [-0.3, -0.25) is 4.79 Å². The Labute approximate surface area is 142 Å². The molecule has 0 radical (unpaired) electrons. The Balaban J connectivity index is 2.34. The topological polar surface area (TPSA) is 55.4 Å². The van der Waals surface area contributed by atoms with Crippen LogP contribution in [0.4, 0.5) is 5.00 Å². The fraction of sp³-hybridized carbons (Fsp3) is 0.667. The Hall–Kier alpha value is -1.36. The van der Waals surface area contributed by atoms with Crippen LogP contribution in [0.1, 0.15) is 73.7 Å². The summed E-state index contributed by atoms with van der Waals surface area (Å²) in [5.41, 5.74) is 1.71. The molecule has 1 aliphatic carbocycles. The summed E-state index contributed by atoms with van der Waals surface area (Å²) in [5, 5.41) is 3.70. The molecular formula is C18H27NO3S. The fourth-order valence-electron chi connectivity index (χ4n) is 3.12. The summed E-state index contributed by atoms with van der Waals surface area (Å²) in [6.07, 6.45) is 6.95. The summed E-state index contributed by atoms with van der Waals surface area (Å²) in [6, 6.07) is 0. The maximum absolute atomic E-state index is 12.4. The van der Waals surface area contributed by atoms with E-state index in [1.54, 1.807) is 11.3 Å². The largest absolute Gasteiger partial charge is 0.462 e. The molecule has 1 aromatic rings. The van der Waals surface area contributed by atoms with Gasteiger partial charge in [-0.1, -0.05) is 20.3 Å². The van der Waals surface area contributed by atoms with Crippen molar-refractivity contribution in [2.24, 2.45) is 5.92 Å². The molecule has 128 valence electrons. The monoisotopic (exact) mass is 337 g/mol. The van der Waals surface area contributed by atoms with E-state index >= 15 is 0 Å². The first kappa shape index (κ1) is 18.0. The minimum absolute atomic E-state index is 0.00745. The quantitative estimate of drug-likeness (QED) is 0.611. The summed E-state index contributed by atoms with van der Waals surface area (Å²) in [5.74, 6) is -0.296. The normalized spacial score (nSPS) is 14.3. The standard InChI is InChI=1S/C18H27NO3S/c1-4-12(5-2)16(20)19-17-15(18(21)22-6-3)13-10-8-7-9-11-14(13)23-17/h12H,4-11H2,1-3H3,(H,19,20). The maximum Gasteiger partial charge on any atom is 0.341 e. The highest BCUT2D eigenvalue weighted by Gasteiger charge is 2.27. The first-order valence-electron chi connectivity index (χ1n) is 8.74. The van der Waals surface area contributed by atoms with Gasteiger partial charge in [0.1, 0.15) is 5.00 Å². The van der Waals surface area contributed by atoms with Crippen molar-refractivity contribution in [1.82, 2.24) is 0 Å². The van der Waals surface area contributed by atoms with Crippen molar-refractivity contribution in [3.8, 4) is 0 Å². The number of thiophene rings is 1. The molecule has 0 bridgehead atoms. The Bertz CT molecular complexity index is 561. The molecule has 0 unspecified atom stereocenters. The molecule has 1 aromatic heterocycles. The number of carbonyl (C=O) groups excluding carboxylic acids is 2. The summed E-state index contributed by atoms with van der Waals surface area (Å²) >= 11 is 1.56. The number of fused-ring (bicyclic) bond motifs is 1. The molecule has 0 saturated heterocycles. The highest BCUT2D eigenvalue weighted by atomic mass is 32.1. The number of ether oxygens (including phenoxy) is 1. The minimum Gasteiger partial charge on any atom is -0.462 e. The second-order valence-corrected chi connectivity index (χ2v) is 7.10. The van der Waals surface area contributed by atoms with Gasteiger partial charge in [0.05, 0.1) is 12.2 Å². The van der Waals surface area contributed by atoms with Gasteiger partial charge in [-0.25, -0.2) is 4.79 Å². The Morgan fingerprint density at radius 2 is 1.83 bits per heavy atom. The van der Waals surface area contributed by atoms with Gasteiger partial charge in [-0.05, 0) is 51.0 Å². The molecule has 0 aliphatic heterocycles. The van der Waals surface area contributed by atoms with Gasteiger partial charge in [0.25, 0.3) is 0 Å². The highest BCUT2D eigenvalue weighted by Crippen LogP contribution is 2.38. The van der Waals surface area contributed by atoms with Crippen molar-refractivity contribution in [2.45, 2.75) is 65.7 Å². The third-order valence-electron chi connectivity index (χ3n) is 4.49. The van der Waals surface area contributed by atoms with Gasteiger partial charge in [-0.2, -0.15) is 0 Å². The van der Waals surface area contributed by atoms with E-state index in [1.807, 2.05) is 20.8 Å². The lowest BCUT2D eigenvalue weighted by Gasteiger charge is -2.13. The van der Waals surface area contributed by atoms with E-state index in [-0.39, 0.29) is 17.8 Å². The van der Waals surface area contributed by atoms with Gasteiger partial charge in [-0.15, -0.1) is 11.3 Å². The van der Waals surface area contributed by atoms with Crippen LogP contribution in [0.15, 0.2) is 0 Å². The molecule has 0 spiro atoms. The van der Waals surface area contributed by atoms with E-state index in [1.165, 1.54) is 11.3 Å². The zero-order valence-corrected chi connectivity index (χ0v) is 15.2. The van der Waals surface area contributed by atoms with Crippen molar-refractivity contribution in [3.63, 3.8) is 0 Å². The van der Waals surface area contributed by atoms with Gasteiger partial charge in [0.2, 0.25) is 5.91 Å². The molecule has 1 heterocycles. The SMILES string of the molecule is CCOC(=O)c1c(NC(=O)C(CC)CC)sc2c1CCCCC2. The number of hydrogen-bond donors (Lipinski definition) is 1. The molecule has 1 N–H and O–H groups in total. The zero-order valence-electron chi connectivity index (χ0n) is 14.4. The first-order chi connectivity index (χ1) is 11.1. The van der Waals surface area contributed by atoms with Crippen LogP contribution >= 0.6 is 11.3 Å². The van der Waals surface area contributed by atoms with Gasteiger partial charge < -0.3 is 10.1 Å². The number of anilines is 1. The molecule has 1 aliphatic rings. The molecule has 2 rings (SSSR count). The molecule has 0 atom stereocenters. The van der Waals surface area contributed by atoms with Gasteiger partial charge in [0.15, 0.2) is 0 Å². The van der Waals surface area contributed by atoms with Crippen LogP contribution < -0.4 is 5.32 Å². The number of aryl methyl sites for hydroxylation is 1. The molecule has 5 heteroatoms. The number of nitrogens with one attached hydrogen (secondary N) is 1. The molecule has 0 aromatic carbocycles. The van der Waals surface area contributed by atoms with Crippen LogP contribution in [0, 0.1) is 5.92 Å². The number of rotatable bonds is 6. The Kier molecular flexibility index (Phi) is 6.63. The van der Waals surface area contributed by atoms with Crippen LogP contribution in [0.2, 0.25) is 0 Å². The van der Waals surface area contributed by atoms with Crippen LogP contribution in [0.3, 0.4) is 0 Å². The van der Waals surface area contributed by atoms with Crippen LogP contribution in [-0.4, -0.2) is 18.5 Å². The predicted octanol–water partition coefficient (Wildman–Crippen LogP) is 4.57. The van der Waals surface area contributed by atoms with Crippen molar-refractivity contribution >= 4 is 28.2 Å². The second-order valence-electron chi connectivity index (χ2n) is 5.99. The summed E-state index contributed by atoms with van der Waals surface area (Å²) < 4.78 is 5.24. The molecular weight excluding hydrogens is 310 g/mol. The average Bonchev–Trinajstić information content (AvgIpc) is 2.70. The molecule has 1 amide bonds. The summed E-state index contributed by atoms with van der Waals surface area (Å²) in [4.78, 5) is 26.1. The number of carbonyl (C=O) groups is 2. The van der Waals surface area contributed by atoms with Crippen LogP contribution in [-0.2, 0) is 22.4 Å². The fourth-order valence-corrected chi connectivity index (χ4v) is 4.40. The van der Waals surface area contributed by atoms with E-state index in [0.717, 1.165) is 44.1 Å². The van der Waals surface area contributed by atoms with E-state index < -0.39 is 0 Å². The van der Waals surface area contributed by atoms with Gasteiger partial charge >= 0.3 is 5.97 Å². The minimum atomic E-state index is -0.299. The summed E-state index contributed by atoms with van der Waals surface area (Å²) in [7, 11) is 0. The molecule has 0 fully saturated rings. The van der Waals surface area contributed by atoms with Crippen LogP contribution in [0.5, 0.6) is 0 Å². The number of hydrogen-bond acceptors (Lipinski definition) is 4. The first-order valence-corrected chi connectivity index (χ1v) is 9.56. The van der Waals surface area contributed by atoms with E-state index in [2.05, 4.69) is 5.32 Å². The van der Waals surface area contributed by atoms with E-state index in [0.29, 0.717) is 17.2 Å². The van der Waals surface area contributed by atoms with E-state index in [4.69, 9.17) is 4.74 Å². The Morgan fingerprint density at radius 3 is 2.48 bits per heavy atom. The third kappa shape index (κ3) is 4.14. The maximum atomic E-state index is 12.4. The van der Waals surface area contributed by atoms with Gasteiger partial charge in [0, 0.05) is 10.8 Å². The predicted molar refractivity (Wildman–Crippen MR) is 94.2 cm³/mol.